The second-order valence-corrected chi connectivity index (χ2v) is 2.32. The Morgan fingerprint density at radius 2 is 2.00 bits per heavy atom. The molecule has 0 radical (unpaired) electrons. The molecule has 0 saturated carbocycles. The van der Waals surface area contributed by atoms with Gasteiger partial charge in [0.1, 0.15) is 0 Å². The van der Waals surface area contributed by atoms with E-state index in [-0.39, 0.29) is 6.54 Å². The van der Waals surface area contributed by atoms with Gasteiger partial charge < -0.3 is 5.32 Å². The molecule has 0 saturated heterocycles. The Kier molecular flexibility index (Phi) is 3.79. The zero-order valence-electron chi connectivity index (χ0n) is 6.83. The van der Waals surface area contributed by atoms with Crippen molar-refractivity contribution < 1.29 is 18.0 Å². The number of alkyl halides is 3. The van der Waals surface area contributed by atoms with Gasteiger partial charge in [0, 0.05) is 6.54 Å². The molecule has 0 heterocycles. The van der Waals surface area contributed by atoms with Crippen LogP contribution in [0.15, 0.2) is 11.6 Å². The highest BCUT2D eigenvalue weighted by atomic mass is 19.4. The van der Waals surface area contributed by atoms with E-state index in [2.05, 4.69) is 0 Å². The number of hydrogen-bond acceptors (Lipinski definition) is 1. The molecule has 12 heavy (non-hydrogen) atoms. The van der Waals surface area contributed by atoms with Crippen molar-refractivity contribution in [3.05, 3.63) is 11.6 Å². The van der Waals surface area contributed by atoms with Crippen LogP contribution in [0.4, 0.5) is 13.2 Å². The van der Waals surface area contributed by atoms with Gasteiger partial charge in [-0.3, -0.25) is 4.79 Å². The van der Waals surface area contributed by atoms with Crippen LogP contribution in [-0.4, -0.2) is 18.6 Å². The summed E-state index contributed by atoms with van der Waals surface area (Å²) >= 11 is 0. The van der Waals surface area contributed by atoms with Crippen molar-refractivity contribution >= 4 is 5.91 Å². The van der Waals surface area contributed by atoms with Crippen molar-refractivity contribution in [3.8, 4) is 0 Å². The molecule has 1 amide bonds. The van der Waals surface area contributed by atoms with Crippen LogP contribution in [0.5, 0.6) is 0 Å². The van der Waals surface area contributed by atoms with Crippen molar-refractivity contribution in [3.63, 3.8) is 0 Å². The van der Waals surface area contributed by atoms with E-state index in [0.29, 0.717) is 5.57 Å². The van der Waals surface area contributed by atoms with Crippen LogP contribution < -0.4 is 5.32 Å². The first-order chi connectivity index (χ1) is 5.38. The molecule has 2 nitrogen and oxygen atoms in total. The zero-order valence-corrected chi connectivity index (χ0v) is 6.83. The lowest BCUT2D eigenvalue weighted by Crippen LogP contribution is -2.37. The monoisotopic (exact) mass is 181 g/mol. The van der Waals surface area contributed by atoms with E-state index in [1.165, 1.54) is 0 Å². The highest BCUT2D eigenvalue weighted by Crippen LogP contribution is 2.13. The van der Waals surface area contributed by atoms with Gasteiger partial charge in [-0.15, -0.1) is 0 Å². The lowest BCUT2D eigenvalue weighted by molar-refractivity contribution is -0.173. The average molecular weight is 181 g/mol. The molecule has 0 unspecified atom stereocenters. The predicted molar refractivity (Wildman–Crippen MR) is 38.5 cm³/mol. The molecule has 0 rings (SSSR count). The van der Waals surface area contributed by atoms with E-state index < -0.39 is 12.1 Å². The Balaban J connectivity index is 3.89. The van der Waals surface area contributed by atoms with Gasteiger partial charge in [0.25, 0.3) is 0 Å². The molecule has 5 heteroatoms. The summed E-state index contributed by atoms with van der Waals surface area (Å²) in [6, 6.07) is 0. The molecule has 0 atom stereocenters. The van der Waals surface area contributed by atoms with Gasteiger partial charge in [-0.1, -0.05) is 11.6 Å². The average Bonchev–Trinajstić information content (AvgIpc) is 1.97. The van der Waals surface area contributed by atoms with Gasteiger partial charge in [-0.25, -0.2) is 0 Å². The van der Waals surface area contributed by atoms with Crippen LogP contribution >= 0.6 is 0 Å². The summed E-state index contributed by atoms with van der Waals surface area (Å²) in [6.45, 7) is 3.26. The van der Waals surface area contributed by atoms with Crippen LogP contribution in [0.3, 0.4) is 0 Å². The highest BCUT2D eigenvalue weighted by molar-refractivity contribution is 5.81. The maximum absolute atomic E-state index is 11.6. The van der Waals surface area contributed by atoms with Crippen LogP contribution in [0.25, 0.3) is 0 Å². The number of allylic oxidation sites excluding steroid dienone is 1. The second kappa shape index (κ2) is 4.13. The van der Waals surface area contributed by atoms with Crippen molar-refractivity contribution in [2.24, 2.45) is 0 Å². The molecule has 0 bridgehead atoms. The van der Waals surface area contributed by atoms with E-state index in [9.17, 15) is 18.0 Å². The number of nitrogens with one attached hydrogen (secondary N) is 1. The number of rotatable bonds is 2. The molecule has 0 aliphatic heterocycles. The van der Waals surface area contributed by atoms with E-state index in [1.54, 1.807) is 25.2 Å². The van der Waals surface area contributed by atoms with Crippen LogP contribution in [0.2, 0.25) is 0 Å². The Labute approximate surface area is 68.4 Å². The van der Waals surface area contributed by atoms with E-state index in [4.69, 9.17) is 0 Å². The molecule has 0 aliphatic rings. The van der Waals surface area contributed by atoms with Gasteiger partial charge in [0.2, 0.25) is 0 Å². The summed E-state index contributed by atoms with van der Waals surface area (Å²) in [5, 5.41) is 1.74. The molecule has 0 aromatic rings. The van der Waals surface area contributed by atoms with E-state index in [1.807, 2.05) is 0 Å². The van der Waals surface area contributed by atoms with Crippen molar-refractivity contribution in [1.82, 2.24) is 5.32 Å². The Morgan fingerprint density at radius 1 is 1.50 bits per heavy atom. The molecule has 70 valence electrons. The topological polar surface area (TPSA) is 29.1 Å². The normalized spacial score (nSPS) is 12.9. The lowest BCUT2D eigenvalue weighted by atomic mass is 10.3. The minimum Gasteiger partial charge on any atom is -0.345 e. The highest BCUT2D eigenvalue weighted by Gasteiger charge is 2.38. The third kappa shape index (κ3) is 4.00. The smallest absolute Gasteiger partial charge is 0.345 e. The summed E-state index contributed by atoms with van der Waals surface area (Å²) < 4.78 is 34.7. The zero-order chi connectivity index (χ0) is 9.78. The molecule has 0 aromatic heterocycles. The van der Waals surface area contributed by atoms with Gasteiger partial charge in [-0.2, -0.15) is 13.2 Å². The Morgan fingerprint density at radius 3 is 2.33 bits per heavy atom. The van der Waals surface area contributed by atoms with Crippen LogP contribution in [0, 0.1) is 0 Å². The fraction of sp³-hybridized carbons (Fsp3) is 0.571. The molecule has 1 N–H and O–H groups in total. The quantitative estimate of drug-likeness (QED) is 0.644. The molecule has 0 fully saturated rings. The number of carbonyl (C=O) groups is 1. The maximum Gasteiger partial charge on any atom is 0.471 e. The van der Waals surface area contributed by atoms with Crippen LogP contribution in [-0.2, 0) is 4.79 Å². The fourth-order valence-electron chi connectivity index (χ4n) is 0.422. The van der Waals surface area contributed by atoms with Crippen molar-refractivity contribution in [2.75, 3.05) is 6.54 Å². The first-order valence-corrected chi connectivity index (χ1v) is 3.34. The summed E-state index contributed by atoms with van der Waals surface area (Å²) in [5.74, 6) is -1.90. The predicted octanol–water partition coefficient (Wildman–Crippen LogP) is 1.63. The summed E-state index contributed by atoms with van der Waals surface area (Å²) in [5.41, 5.74) is 0.688. The number of carbonyl (C=O) groups excluding carboxylic acids is 1. The maximum atomic E-state index is 11.6. The summed E-state index contributed by atoms with van der Waals surface area (Å²) in [4.78, 5) is 10.2. The van der Waals surface area contributed by atoms with Gasteiger partial charge in [0.05, 0.1) is 0 Å². The molecule has 0 aromatic carbocycles. The fourth-order valence-corrected chi connectivity index (χ4v) is 0.422. The number of halogens is 3. The minimum absolute atomic E-state index is 0.0607. The first-order valence-electron chi connectivity index (χ1n) is 3.34. The van der Waals surface area contributed by atoms with E-state index in [0.717, 1.165) is 0 Å². The third-order valence-corrected chi connectivity index (χ3v) is 1.28. The summed E-state index contributed by atoms with van der Waals surface area (Å²) in [6.07, 6.45) is -3.15. The lowest BCUT2D eigenvalue weighted by Gasteiger charge is -2.07. The second-order valence-electron chi connectivity index (χ2n) is 2.32. The first kappa shape index (κ1) is 11.0. The molecule has 0 spiro atoms. The third-order valence-electron chi connectivity index (χ3n) is 1.28. The molecular formula is C7H10F3NO. The number of hydrogen-bond donors (Lipinski definition) is 1. The van der Waals surface area contributed by atoms with Crippen LogP contribution in [0.1, 0.15) is 13.8 Å². The Hall–Kier alpha value is -1.00. The van der Waals surface area contributed by atoms with E-state index >= 15 is 0 Å². The van der Waals surface area contributed by atoms with Crippen molar-refractivity contribution in [2.45, 2.75) is 20.0 Å². The standard InChI is InChI=1S/C7H10F3NO/c1-3-5(2)4-11-6(12)7(8,9)10/h3H,4H2,1-2H3,(H,11,12)/b5-3+. The minimum atomic E-state index is -4.78. The Bertz CT molecular complexity index is 195. The molecular weight excluding hydrogens is 171 g/mol. The SMILES string of the molecule is C/C=C(\C)CNC(=O)C(F)(F)F. The summed E-state index contributed by atoms with van der Waals surface area (Å²) in [7, 11) is 0. The molecule has 0 aliphatic carbocycles. The van der Waals surface area contributed by atoms with Gasteiger partial charge in [0.15, 0.2) is 0 Å². The largest absolute Gasteiger partial charge is 0.471 e. The van der Waals surface area contributed by atoms with Gasteiger partial charge in [-0.05, 0) is 13.8 Å². The number of amides is 1. The van der Waals surface area contributed by atoms with Crippen molar-refractivity contribution in [1.29, 1.82) is 0 Å². The van der Waals surface area contributed by atoms with Gasteiger partial charge >= 0.3 is 12.1 Å².